The first-order chi connectivity index (χ1) is 11.6. The number of hydrogen-bond donors (Lipinski definition) is 3. The minimum absolute atomic E-state index is 0.260. The predicted molar refractivity (Wildman–Crippen MR) is 89.5 cm³/mol. The van der Waals surface area contributed by atoms with Gasteiger partial charge in [0.25, 0.3) is 5.91 Å². The van der Waals surface area contributed by atoms with Gasteiger partial charge in [-0.3, -0.25) is 10.1 Å². The minimum Gasteiger partial charge on any atom is -0.308 e. The lowest BCUT2D eigenvalue weighted by molar-refractivity contribution is 0.0967. The highest BCUT2D eigenvalue weighted by Gasteiger charge is 2.10. The summed E-state index contributed by atoms with van der Waals surface area (Å²) in [6.45, 7) is 0. The summed E-state index contributed by atoms with van der Waals surface area (Å²) < 4.78 is 1.74. The number of carbonyl (C=O) groups is 2. The predicted octanol–water partition coefficient (Wildman–Crippen LogP) is 2.29. The number of nitrogens with one attached hydrogen (secondary N) is 3. The average Bonchev–Trinajstić information content (AvgIpc) is 3.02. The van der Waals surface area contributed by atoms with Gasteiger partial charge in [0, 0.05) is 11.3 Å². The van der Waals surface area contributed by atoms with E-state index >= 15 is 0 Å². The van der Waals surface area contributed by atoms with Gasteiger partial charge < -0.3 is 5.32 Å². The van der Waals surface area contributed by atoms with E-state index in [-0.39, 0.29) is 4.77 Å². The Hall–Kier alpha value is -3.33. The first kappa shape index (κ1) is 15.6. The standard InChI is InChI=1S/C15H12N6O2S/c22-13(10-5-2-1-3-6-10)17-14(23)16-11-7-4-8-12(9-11)21-15(24)18-19-20-21/h1-9H,(H,18,20,24)(H2,16,17,22,23). The van der Waals surface area contributed by atoms with Crippen molar-refractivity contribution >= 4 is 29.8 Å². The highest BCUT2D eigenvalue weighted by molar-refractivity contribution is 7.71. The molecule has 0 aliphatic heterocycles. The molecule has 0 bridgehead atoms. The second-order valence-electron chi connectivity index (χ2n) is 4.74. The maximum atomic E-state index is 12.0. The summed E-state index contributed by atoms with van der Waals surface area (Å²) in [7, 11) is 0. The van der Waals surface area contributed by atoms with Gasteiger partial charge in [-0.2, -0.15) is 5.21 Å². The molecule has 9 heteroatoms. The zero-order valence-electron chi connectivity index (χ0n) is 12.3. The number of anilines is 1. The van der Waals surface area contributed by atoms with Crippen molar-refractivity contribution in [2.24, 2.45) is 0 Å². The maximum absolute atomic E-state index is 12.0. The van der Waals surface area contributed by atoms with E-state index in [4.69, 9.17) is 12.2 Å². The molecule has 0 atom stereocenters. The van der Waals surface area contributed by atoms with Crippen LogP contribution in [0, 0.1) is 4.77 Å². The van der Waals surface area contributed by atoms with Crippen LogP contribution in [-0.4, -0.2) is 32.1 Å². The number of H-pyrrole nitrogens is 1. The van der Waals surface area contributed by atoms with Crippen molar-refractivity contribution in [2.75, 3.05) is 5.32 Å². The molecule has 0 radical (unpaired) electrons. The quantitative estimate of drug-likeness (QED) is 0.635. The molecule has 0 fully saturated rings. The summed E-state index contributed by atoms with van der Waals surface area (Å²) in [6, 6.07) is 14.7. The normalized spacial score (nSPS) is 10.2. The van der Waals surface area contributed by atoms with Gasteiger partial charge in [-0.05, 0) is 42.5 Å². The van der Waals surface area contributed by atoms with Gasteiger partial charge >= 0.3 is 6.03 Å². The number of urea groups is 1. The third kappa shape index (κ3) is 3.52. The SMILES string of the molecule is O=C(NC(=O)c1ccccc1)Nc1cccc(-n2[nH]nnc2=S)c1. The van der Waals surface area contributed by atoms with Crippen molar-refractivity contribution in [1.82, 2.24) is 25.5 Å². The summed E-state index contributed by atoms with van der Waals surface area (Å²) in [5, 5.41) is 14.8. The number of imide groups is 1. The van der Waals surface area contributed by atoms with Gasteiger partial charge in [0.2, 0.25) is 4.77 Å². The molecule has 24 heavy (non-hydrogen) atoms. The van der Waals surface area contributed by atoms with Crippen LogP contribution in [0.1, 0.15) is 10.4 Å². The number of benzene rings is 2. The molecule has 0 aliphatic carbocycles. The zero-order valence-corrected chi connectivity index (χ0v) is 13.1. The topological polar surface area (TPSA) is 105 Å². The molecule has 0 saturated heterocycles. The lowest BCUT2D eigenvalue weighted by atomic mass is 10.2. The van der Waals surface area contributed by atoms with E-state index in [2.05, 4.69) is 26.2 Å². The zero-order chi connectivity index (χ0) is 16.9. The Morgan fingerprint density at radius 2 is 1.88 bits per heavy atom. The minimum atomic E-state index is -0.632. The Balaban J connectivity index is 1.70. The Kier molecular flexibility index (Phi) is 4.43. The van der Waals surface area contributed by atoms with E-state index in [1.54, 1.807) is 54.6 Å². The molecular weight excluding hydrogens is 328 g/mol. The number of rotatable bonds is 3. The Bertz CT molecular complexity index is 934. The van der Waals surface area contributed by atoms with Crippen molar-refractivity contribution in [1.29, 1.82) is 0 Å². The molecule has 0 unspecified atom stereocenters. The Morgan fingerprint density at radius 1 is 1.08 bits per heavy atom. The van der Waals surface area contributed by atoms with Crippen molar-refractivity contribution in [2.45, 2.75) is 0 Å². The van der Waals surface area contributed by atoms with E-state index in [9.17, 15) is 9.59 Å². The smallest absolute Gasteiger partial charge is 0.308 e. The molecule has 8 nitrogen and oxygen atoms in total. The molecule has 0 aliphatic rings. The fraction of sp³-hybridized carbons (Fsp3) is 0. The Labute approximate surface area is 141 Å². The van der Waals surface area contributed by atoms with Gasteiger partial charge in [-0.25, -0.2) is 9.48 Å². The fourth-order valence-corrected chi connectivity index (χ4v) is 2.20. The fourth-order valence-electron chi connectivity index (χ4n) is 2.02. The molecule has 2 aromatic carbocycles. The van der Waals surface area contributed by atoms with Crippen LogP contribution >= 0.6 is 12.2 Å². The van der Waals surface area contributed by atoms with E-state index in [1.165, 1.54) is 4.68 Å². The van der Waals surface area contributed by atoms with Crippen LogP contribution in [0.15, 0.2) is 54.6 Å². The van der Waals surface area contributed by atoms with Gasteiger partial charge in [-0.1, -0.05) is 34.6 Å². The van der Waals surface area contributed by atoms with E-state index in [0.717, 1.165) is 0 Å². The van der Waals surface area contributed by atoms with Crippen molar-refractivity contribution in [3.05, 3.63) is 64.9 Å². The first-order valence-electron chi connectivity index (χ1n) is 6.91. The Morgan fingerprint density at radius 3 is 2.58 bits per heavy atom. The molecule has 0 saturated carbocycles. The number of hydrogen-bond acceptors (Lipinski definition) is 5. The van der Waals surface area contributed by atoms with Gasteiger partial charge in [0.15, 0.2) is 0 Å². The monoisotopic (exact) mass is 340 g/mol. The molecule has 0 spiro atoms. The number of aromatic nitrogens is 4. The second-order valence-corrected chi connectivity index (χ2v) is 5.11. The molecular formula is C15H12N6O2S. The molecule has 1 aromatic heterocycles. The molecule has 3 aromatic rings. The van der Waals surface area contributed by atoms with Crippen LogP contribution in [0.5, 0.6) is 0 Å². The van der Waals surface area contributed by atoms with E-state index in [0.29, 0.717) is 16.9 Å². The van der Waals surface area contributed by atoms with Crippen molar-refractivity contribution in [3.8, 4) is 5.69 Å². The summed E-state index contributed by atoms with van der Waals surface area (Å²) in [6.07, 6.45) is 0. The van der Waals surface area contributed by atoms with Crippen molar-refractivity contribution in [3.63, 3.8) is 0 Å². The lowest BCUT2D eigenvalue weighted by Gasteiger charge is -2.08. The van der Waals surface area contributed by atoms with Crippen LogP contribution in [0.25, 0.3) is 5.69 Å². The number of carbonyl (C=O) groups excluding carboxylic acids is 2. The van der Waals surface area contributed by atoms with Crippen molar-refractivity contribution < 1.29 is 9.59 Å². The number of nitrogens with zero attached hydrogens (tertiary/aromatic N) is 3. The maximum Gasteiger partial charge on any atom is 0.326 e. The van der Waals surface area contributed by atoms with Crippen LogP contribution < -0.4 is 10.6 Å². The average molecular weight is 340 g/mol. The van der Waals surface area contributed by atoms with Crippen LogP contribution in [-0.2, 0) is 0 Å². The van der Waals surface area contributed by atoms with Gasteiger partial charge in [0.1, 0.15) is 0 Å². The highest BCUT2D eigenvalue weighted by atomic mass is 32.1. The van der Waals surface area contributed by atoms with Crippen LogP contribution in [0.3, 0.4) is 0 Å². The number of amides is 3. The van der Waals surface area contributed by atoms with E-state index in [1.807, 2.05) is 0 Å². The second kappa shape index (κ2) is 6.84. The first-order valence-corrected chi connectivity index (χ1v) is 7.32. The molecule has 3 N–H and O–H groups in total. The van der Waals surface area contributed by atoms with E-state index < -0.39 is 11.9 Å². The van der Waals surface area contributed by atoms with Crippen LogP contribution in [0.4, 0.5) is 10.5 Å². The van der Waals surface area contributed by atoms with Crippen LogP contribution in [0.2, 0.25) is 0 Å². The molecule has 3 amide bonds. The molecule has 3 rings (SSSR count). The summed E-state index contributed by atoms with van der Waals surface area (Å²) in [5.41, 5.74) is 1.54. The highest BCUT2D eigenvalue weighted by Crippen LogP contribution is 2.13. The lowest BCUT2D eigenvalue weighted by Crippen LogP contribution is -2.34. The van der Waals surface area contributed by atoms with Gasteiger partial charge in [0.05, 0.1) is 5.69 Å². The summed E-state index contributed by atoms with van der Waals surface area (Å²) >= 11 is 5.02. The number of aromatic amines is 1. The largest absolute Gasteiger partial charge is 0.326 e. The van der Waals surface area contributed by atoms with Gasteiger partial charge in [-0.15, -0.1) is 0 Å². The third-order valence-corrected chi connectivity index (χ3v) is 3.36. The molecule has 120 valence electrons. The third-order valence-electron chi connectivity index (χ3n) is 3.10. The molecule has 1 heterocycles. The number of tetrazole rings is 1. The summed E-state index contributed by atoms with van der Waals surface area (Å²) in [4.78, 5) is 23.9. The summed E-state index contributed by atoms with van der Waals surface area (Å²) in [5.74, 6) is -0.482.